The quantitative estimate of drug-likeness (QED) is 0.358. The van der Waals surface area contributed by atoms with E-state index in [1.165, 1.54) is 62.6 Å². The second-order valence-electron chi connectivity index (χ2n) is 5.51. The zero-order valence-corrected chi connectivity index (χ0v) is 14.8. The number of nitro benzene ring substituents is 1. The predicted molar refractivity (Wildman–Crippen MR) is 95.4 cm³/mol. The van der Waals surface area contributed by atoms with Gasteiger partial charge in [0.1, 0.15) is 0 Å². The maximum absolute atomic E-state index is 12.2. The Labute approximate surface area is 150 Å². The zero-order valence-electron chi connectivity index (χ0n) is 14.0. The summed E-state index contributed by atoms with van der Waals surface area (Å²) in [7, 11) is -0.754. The van der Waals surface area contributed by atoms with Crippen LogP contribution < -0.4 is 0 Å². The van der Waals surface area contributed by atoms with E-state index >= 15 is 0 Å². The third-order valence-corrected chi connectivity index (χ3v) is 5.37. The van der Waals surface area contributed by atoms with E-state index < -0.39 is 32.2 Å². The van der Waals surface area contributed by atoms with Gasteiger partial charge in [-0.15, -0.1) is 0 Å². The molecular weight excluding hydrogens is 360 g/mol. The number of phenols is 1. The highest BCUT2D eigenvalue weighted by molar-refractivity contribution is 7.89. The standard InChI is InChI=1S/C17H16N2O6S/c1-18(2)26(24,25)14-7-5-13(6-8-14)16(20)9-3-12-4-10-17(21)15(11-12)19(22)23/h3-11,21H,1-2H3/b9-3+. The molecule has 136 valence electrons. The van der Waals surface area contributed by atoms with Gasteiger partial charge in [0.15, 0.2) is 11.5 Å². The summed E-state index contributed by atoms with van der Waals surface area (Å²) in [5, 5.41) is 20.2. The first-order chi connectivity index (χ1) is 12.1. The van der Waals surface area contributed by atoms with Crippen molar-refractivity contribution < 1.29 is 23.2 Å². The Morgan fingerprint density at radius 3 is 2.31 bits per heavy atom. The molecule has 0 heterocycles. The monoisotopic (exact) mass is 376 g/mol. The molecule has 0 unspecified atom stereocenters. The number of benzene rings is 2. The fourth-order valence-corrected chi connectivity index (χ4v) is 2.96. The van der Waals surface area contributed by atoms with Crippen LogP contribution in [0.2, 0.25) is 0 Å². The molecule has 8 nitrogen and oxygen atoms in total. The van der Waals surface area contributed by atoms with Crippen molar-refractivity contribution in [2.75, 3.05) is 14.1 Å². The maximum Gasteiger partial charge on any atom is 0.311 e. The average molecular weight is 376 g/mol. The van der Waals surface area contributed by atoms with E-state index in [4.69, 9.17) is 0 Å². The van der Waals surface area contributed by atoms with Gasteiger partial charge in [-0.3, -0.25) is 14.9 Å². The lowest BCUT2D eigenvalue weighted by atomic mass is 10.1. The van der Waals surface area contributed by atoms with Crippen LogP contribution in [-0.2, 0) is 10.0 Å². The van der Waals surface area contributed by atoms with Crippen LogP contribution in [0.5, 0.6) is 5.75 Å². The molecular formula is C17H16N2O6S. The third-order valence-electron chi connectivity index (χ3n) is 3.54. The fourth-order valence-electron chi connectivity index (χ4n) is 2.06. The van der Waals surface area contributed by atoms with Crippen LogP contribution in [0.25, 0.3) is 6.08 Å². The second kappa shape index (κ2) is 7.46. The van der Waals surface area contributed by atoms with Gasteiger partial charge in [-0.2, -0.15) is 0 Å². The highest BCUT2D eigenvalue weighted by Crippen LogP contribution is 2.26. The highest BCUT2D eigenvalue weighted by Gasteiger charge is 2.17. The number of ketones is 1. The molecule has 26 heavy (non-hydrogen) atoms. The van der Waals surface area contributed by atoms with Gasteiger partial charge in [-0.25, -0.2) is 12.7 Å². The van der Waals surface area contributed by atoms with Crippen molar-refractivity contribution in [3.63, 3.8) is 0 Å². The number of nitro groups is 1. The molecule has 0 radical (unpaired) electrons. The zero-order chi connectivity index (χ0) is 19.5. The van der Waals surface area contributed by atoms with Crippen LogP contribution >= 0.6 is 0 Å². The molecule has 0 fully saturated rings. The highest BCUT2D eigenvalue weighted by atomic mass is 32.2. The van der Waals surface area contributed by atoms with Gasteiger partial charge in [0.05, 0.1) is 9.82 Å². The molecule has 0 saturated carbocycles. The van der Waals surface area contributed by atoms with Crippen LogP contribution in [0, 0.1) is 10.1 Å². The maximum atomic E-state index is 12.2. The fraction of sp³-hybridized carbons (Fsp3) is 0.118. The minimum Gasteiger partial charge on any atom is -0.502 e. The van der Waals surface area contributed by atoms with Crippen molar-refractivity contribution >= 4 is 27.6 Å². The Morgan fingerprint density at radius 2 is 1.77 bits per heavy atom. The lowest BCUT2D eigenvalue weighted by molar-refractivity contribution is -0.385. The van der Waals surface area contributed by atoms with Gasteiger partial charge in [-0.05, 0) is 42.0 Å². The molecule has 2 aromatic carbocycles. The van der Waals surface area contributed by atoms with Gasteiger partial charge < -0.3 is 5.11 Å². The van der Waals surface area contributed by atoms with E-state index in [2.05, 4.69) is 0 Å². The molecule has 0 aliphatic rings. The summed E-state index contributed by atoms with van der Waals surface area (Å²) >= 11 is 0. The number of carbonyl (C=O) groups is 1. The molecule has 0 spiro atoms. The first-order valence-corrected chi connectivity index (χ1v) is 8.79. The first kappa shape index (κ1) is 19.3. The minimum atomic E-state index is -3.58. The van der Waals surface area contributed by atoms with Crippen LogP contribution in [-0.4, -0.2) is 42.6 Å². The number of rotatable bonds is 6. The first-order valence-electron chi connectivity index (χ1n) is 7.35. The molecule has 0 aliphatic heterocycles. The summed E-state index contributed by atoms with van der Waals surface area (Å²) in [5.74, 6) is -0.856. The number of carbonyl (C=O) groups excluding carboxylic acids is 1. The molecule has 0 saturated heterocycles. The molecule has 0 aliphatic carbocycles. The Balaban J connectivity index is 2.21. The minimum absolute atomic E-state index is 0.0668. The Morgan fingerprint density at radius 1 is 1.15 bits per heavy atom. The molecule has 0 bridgehead atoms. The molecule has 1 N–H and O–H groups in total. The smallest absolute Gasteiger partial charge is 0.311 e. The van der Waals surface area contributed by atoms with Crippen LogP contribution in [0.1, 0.15) is 15.9 Å². The van der Waals surface area contributed by atoms with Gasteiger partial charge in [0, 0.05) is 25.7 Å². The largest absolute Gasteiger partial charge is 0.502 e. The van der Waals surface area contributed by atoms with Crippen molar-refractivity contribution in [3.8, 4) is 5.75 Å². The van der Waals surface area contributed by atoms with Gasteiger partial charge >= 0.3 is 5.69 Å². The van der Waals surface area contributed by atoms with Crippen LogP contribution in [0.15, 0.2) is 53.4 Å². The van der Waals surface area contributed by atoms with Crippen LogP contribution in [0.3, 0.4) is 0 Å². The normalized spacial score (nSPS) is 11.8. The summed E-state index contributed by atoms with van der Waals surface area (Å²) in [4.78, 5) is 22.3. The van der Waals surface area contributed by atoms with Crippen molar-refractivity contribution in [2.24, 2.45) is 0 Å². The van der Waals surface area contributed by atoms with Crippen molar-refractivity contribution in [2.45, 2.75) is 4.90 Å². The van der Waals surface area contributed by atoms with E-state index in [0.717, 1.165) is 10.4 Å². The average Bonchev–Trinajstić information content (AvgIpc) is 2.60. The summed E-state index contributed by atoms with van der Waals surface area (Å²) in [6, 6.07) is 9.20. The topological polar surface area (TPSA) is 118 Å². The second-order valence-corrected chi connectivity index (χ2v) is 7.67. The summed E-state index contributed by atoms with van der Waals surface area (Å²) < 4.78 is 25.1. The Kier molecular flexibility index (Phi) is 5.53. The SMILES string of the molecule is CN(C)S(=O)(=O)c1ccc(C(=O)/C=C/c2ccc(O)c([N+](=O)[O-])c2)cc1. The van der Waals surface area contributed by atoms with Gasteiger partial charge in [0.2, 0.25) is 10.0 Å². The Bertz CT molecular complexity index is 979. The van der Waals surface area contributed by atoms with E-state index in [9.17, 15) is 28.4 Å². The molecule has 0 aromatic heterocycles. The predicted octanol–water partition coefficient (Wildman–Crippen LogP) is 2.45. The molecule has 2 rings (SSSR count). The van der Waals surface area contributed by atoms with E-state index in [1.54, 1.807) is 0 Å². The van der Waals surface area contributed by atoms with E-state index in [0.29, 0.717) is 5.56 Å². The molecule has 9 heteroatoms. The summed E-state index contributed by atoms with van der Waals surface area (Å²) in [5.41, 5.74) is 0.180. The number of sulfonamides is 1. The van der Waals surface area contributed by atoms with Gasteiger partial charge in [0.25, 0.3) is 0 Å². The lowest BCUT2D eigenvalue weighted by Crippen LogP contribution is -2.22. The van der Waals surface area contributed by atoms with E-state index in [1.807, 2.05) is 0 Å². The summed E-state index contributed by atoms with van der Waals surface area (Å²) in [6.45, 7) is 0. The van der Waals surface area contributed by atoms with Crippen molar-refractivity contribution in [3.05, 3.63) is 69.8 Å². The van der Waals surface area contributed by atoms with Crippen LogP contribution in [0.4, 0.5) is 5.69 Å². The number of hydrogen-bond donors (Lipinski definition) is 1. The number of nitrogens with zero attached hydrogens (tertiary/aromatic N) is 2. The summed E-state index contributed by atoms with van der Waals surface area (Å²) in [6.07, 6.45) is 2.59. The van der Waals surface area contributed by atoms with Crippen molar-refractivity contribution in [1.82, 2.24) is 4.31 Å². The number of phenolic OH excluding ortho intramolecular Hbond substituents is 1. The lowest BCUT2D eigenvalue weighted by Gasteiger charge is -2.11. The number of hydrogen-bond acceptors (Lipinski definition) is 6. The number of aromatic hydroxyl groups is 1. The third kappa shape index (κ3) is 4.13. The molecule has 0 amide bonds. The van der Waals surface area contributed by atoms with E-state index in [-0.39, 0.29) is 10.5 Å². The van der Waals surface area contributed by atoms with Gasteiger partial charge in [-0.1, -0.05) is 12.1 Å². The molecule has 2 aromatic rings. The number of allylic oxidation sites excluding steroid dienone is 1. The Hall–Kier alpha value is -3.04. The van der Waals surface area contributed by atoms with Crippen molar-refractivity contribution in [1.29, 1.82) is 0 Å². The molecule has 0 atom stereocenters.